The Morgan fingerprint density at radius 3 is 2.00 bits per heavy atom. The number of anilines is 1. The first-order valence-corrected chi connectivity index (χ1v) is 10.0. The second kappa shape index (κ2) is 5.95. The van der Waals surface area contributed by atoms with Gasteiger partial charge in [0.25, 0.3) is 10.0 Å². The molecule has 1 aliphatic rings. The Morgan fingerprint density at radius 2 is 1.39 bits per heavy atom. The molecule has 0 atom stereocenters. The molecule has 8 heteroatoms. The number of hydrogen-bond donors (Lipinski definition) is 2. The first kappa shape index (κ1) is 16.0. The van der Waals surface area contributed by atoms with E-state index in [9.17, 15) is 16.8 Å². The van der Waals surface area contributed by atoms with Gasteiger partial charge in [0, 0.05) is 11.7 Å². The summed E-state index contributed by atoms with van der Waals surface area (Å²) in [5.74, 6) is 0. The number of para-hydroxylation sites is 1. The summed E-state index contributed by atoms with van der Waals surface area (Å²) in [6.45, 7) is 0. The predicted molar refractivity (Wildman–Crippen MR) is 87.0 cm³/mol. The van der Waals surface area contributed by atoms with Crippen LogP contribution in [0.4, 0.5) is 5.69 Å². The van der Waals surface area contributed by atoms with Gasteiger partial charge in [0.1, 0.15) is 0 Å². The number of sulfonamides is 2. The zero-order valence-electron chi connectivity index (χ0n) is 12.1. The van der Waals surface area contributed by atoms with Crippen LogP contribution in [0.3, 0.4) is 0 Å². The summed E-state index contributed by atoms with van der Waals surface area (Å²) < 4.78 is 54.1. The van der Waals surface area contributed by atoms with Crippen LogP contribution in [0.1, 0.15) is 12.8 Å². The van der Waals surface area contributed by atoms with Gasteiger partial charge in [-0.1, -0.05) is 24.3 Å². The molecule has 0 saturated heterocycles. The van der Waals surface area contributed by atoms with E-state index < -0.39 is 20.0 Å². The molecule has 2 aromatic rings. The summed E-state index contributed by atoms with van der Waals surface area (Å²) in [4.78, 5) is -0.152. The maximum atomic E-state index is 12.4. The predicted octanol–water partition coefficient (Wildman–Crippen LogP) is 1.93. The zero-order valence-corrected chi connectivity index (χ0v) is 13.8. The quantitative estimate of drug-likeness (QED) is 0.831. The molecule has 3 rings (SSSR count). The molecule has 23 heavy (non-hydrogen) atoms. The van der Waals surface area contributed by atoms with Crippen molar-refractivity contribution in [2.24, 2.45) is 0 Å². The first-order valence-electron chi connectivity index (χ1n) is 7.07. The van der Waals surface area contributed by atoms with E-state index >= 15 is 0 Å². The third-order valence-electron chi connectivity index (χ3n) is 3.35. The summed E-state index contributed by atoms with van der Waals surface area (Å²) in [6, 6.07) is 13.7. The maximum absolute atomic E-state index is 12.4. The summed E-state index contributed by atoms with van der Waals surface area (Å²) >= 11 is 0. The summed E-state index contributed by atoms with van der Waals surface area (Å²) in [7, 11) is -7.55. The van der Waals surface area contributed by atoms with Crippen molar-refractivity contribution < 1.29 is 16.8 Å². The van der Waals surface area contributed by atoms with E-state index in [4.69, 9.17) is 0 Å². The van der Waals surface area contributed by atoms with Crippen LogP contribution in [-0.4, -0.2) is 22.9 Å². The van der Waals surface area contributed by atoms with E-state index in [0.29, 0.717) is 5.69 Å². The van der Waals surface area contributed by atoms with Crippen LogP contribution in [-0.2, 0) is 20.0 Å². The third kappa shape index (κ3) is 3.90. The smallest absolute Gasteiger partial charge is 0.261 e. The van der Waals surface area contributed by atoms with Crippen LogP contribution in [0, 0.1) is 0 Å². The van der Waals surface area contributed by atoms with Crippen LogP contribution in [0.5, 0.6) is 0 Å². The average Bonchev–Trinajstić information content (AvgIpc) is 3.31. The minimum absolute atomic E-state index is 0.0392. The fourth-order valence-electron chi connectivity index (χ4n) is 2.02. The van der Waals surface area contributed by atoms with E-state index in [1.165, 1.54) is 18.2 Å². The molecule has 1 aliphatic carbocycles. The fraction of sp³-hybridized carbons (Fsp3) is 0.200. The lowest BCUT2D eigenvalue weighted by molar-refractivity contribution is 0.580. The van der Waals surface area contributed by atoms with Crippen molar-refractivity contribution in [1.82, 2.24) is 4.72 Å². The Morgan fingerprint density at radius 1 is 0.783 bits per heavy atom. The molecule has 2 aromatic carbocycles. The van der Waals surface area contributed by atoms with E-state index in [1.807, 2.05) is 0 Å². The zero-order chi connectivity index (χ0) is 16.5. The summed E-state index contributed by atoms with van der Waals surface area (Å²) in [5.41, 5.74) is 0.414. The molecule has 1 fully saturated rings. The largest absolute Gasteiger partial charge is 0.280 e. The lowest BCUT2D eigenvalue weighted by Gasteiger charge is -2.10. The van der Waals surface area contributed by atoms with E-state index in [0.717, 1.165) is 18.9 Å². The van der Waals surface area contributed by atoms with Crippen molar-refractivity contribution in [3.63, 3.8) is 0 Å². The van der Waals surface area contributed by atoms with Crippen LogP contribution in [0.25, 0.3) is 0 Å². The molecule has 122 valence electrons. The number of nitrogens with one attached hydrogen (secondary N) is 2. The van der Waals surface area contributed by atoms with Gasteiger partial charge in [-0.15, -0.1) is 0 Å². The SMILES string of the molecule is O=S(=O)(Nc1ccccc1)c1cccc(S(=O)(=O)NC2CC2)c1. The van der Waals surface area contributed by atoms with Crippen LogP contribution in [0.2, 0.25) is 0 Å². The highest BCUT2D eigenvalue weighted by Gasteiger charge is 2.28. The lowest BCUT2D eigenvalue weighted by atomic mass is 10.3. The minimum Gasteiger partial charge on any atom is -0.280 e. The van der Waals surface area contributed by atoms with Crippen molar-refractivity contribution in [3.05, 3.63) is 54.6 Å². The van der Waals surface area contributed by atoms with Crippen molar-refractivity contribution in [1.29, 1.82) is 0 Å². The van der Waals surface area contributed by atoms with Gasteiger partial charge < -0.3 is 0 Å². The van der Waals surface area contributed by atoms with Gasteiger partial charge in [0.15, 0.2) is 0 Å². The van der Waals surface area contributed by atoms with E-state index in [-0.39, 0.29) is 15.8 Å². The molecule has 0 amide bonds. The highest BCUT2D eigenvalue weighted by molar-refractivity contribution is 7.93. The van der Waals surface area contributed by atoms with E-state index in [1.54, 1.807) is 30.3 Å². The van der Waals surface area contributed by atoms with Crippen LogP contribution in [0.15, 0.2) is 64.4 Å². The van der Waals surface area contributed by atoms with Crippen molar-refractivity contribution in [2.45, 2.75) is 28.7 Å². The standard InChI is InChI=1S/C15H16N2O4S2/c18-22(19,16-12-5-2-1-3-6-12)14-7-4-8-15(11-14)23(20,21)17-13-9-10-13/h1-8,11,13,16-17H,9-10H2. The van der Waals surface area contributed by atoms with Crippen LogP contribution >= 0.6 is 0 Å². The molecule has 0 spiro atoms. The van der Waals surface area contributed by atoms with Crippen molar-refractivity contribution in [3.8, 4) is 0 Å². The number of benzene rings is 2. The maximum Gasteiger partial charge on any atom is 0.261 e. The van der Waals surface area contributed by atoms with Crippen molar-refractivity contribution >= 4 is 25.7 Å². The van der Waals surface area contributed by atoms with Gasteiger partial charge in [-0.05, 0) is 43.2 Å². The summed E-state index contributed by atoms with van der Waals surface area (Å²) in [6.07, 6.45) is 1.62. The molecule has 0 heterocycles. The van der Waals surface area contributed by atoms with Crippen LogP contribution < -0.4 is 9.44 Å². The Bertz CT molecular complexity index is 906. The summed E-state index contributed by atoms with van der Waals surface area (Å²) in [5, 5.41) is 0. The average molecular weight is 352 g/mol. The molecule has 0 aromatic heterocycles. The minimum atomic E-state index is -3.85. The topological polar surface area (TPSA) is 92.3 Å². The highest BCUT2D eigenvalue weighted by Crippen LogP contribution is 2.24. The number of rotatable bonds is 6. The molecule has 0 unspecified atom stereocenters. The Kier molecular flexibility index (Phi) is 4.13. The van der Waals surface area contributed by atoms with E-state index in [2.05, 4.69) is 9.44 Å². The molecular weight excluding hydrogens is 336 g/mol. The second-order valence-corrected chi connectivity index (χ2v) is 8.74. The Hall–Kier alpha value is -1.90. The third-order valence-corrected chi connectivity index (χ3v) is 6.25. The Labute approximate surface area is 135 Å². The molecular formula is C15H16N2O4S2. The fourth-order valence-corrected chi connectivity index (χ4v) is 4.55. The number of hydrogen-bond acceptors (Lipinski definition) is 4. The molecule has 2 N–H and O–H groups in total. The molecule has 0 bridgehead atoms. The van der Waals surface area contributed by atoms with Gasteiger partial charge >= 0.3 is 0 Å². The lowest BCUT2D eigenvalue weighted by Crippen LogP contribution is -2.26. The van der Waals surface area contributed by atoms with Gasteiger partial charge in [0.2, 0.25) is 10.0 Å². The van der Waals surface area contributed by atoms with Gasteiger partial charge in [0.05, 0.1) is 9.79 Å². The highest BCUT2D eigenvalue weighted by atomic mass is 32.2. The molecule has 1 saturated carbocycles. The van der Waals surface area contributed by atoms with Gasteiger partial charge in [-0.3, -0.25) is 4.72 Å². The van der Waals surface area contributed by atoms with Crippen molar-refractivity contribution in [2.75, 3.05) is 4.72 Å². The monoisotopic (exact) mass is 352 g/mol. The second-order valence-electron chi connectivity index (χ2n) is 5.34. The first-order chi connectivity index (χ1) is 10.9. The molecule has 0 aliphatic heterocycles. The Balaban J connectivity index is 1.89. The molecule has 0 radical (unpaired) electrons. The van der Waals surface area contributed by atoms with Gasteiger partial charge in [-0.2, -0.15) is 0 Å². The normalized spacial score (nSPS) is 15.3. The molecule has 6 nitrogen and oxygen atoms in total. The van der Waals surface area contributed by atoms with Gasteiger partial charge in [-0.25, -0.2) is 21.6 Å².